The summed E-state index contributed by atoms with van der Waals surface area (Å²) >= 11 is 0. The SMILES string of the molecule is FC(F)(F)Oc1ccccc1Nc1cc(-c2cccnc2)nc(NC2CCCC2)n1. The van der Waals surface area contributed by atoms with Crippen molar-refractivity contribution in [3.05, 3.63) is 54.9 Å². The normalized spacial score (nSPS) is 14.5. The van der Waals surface area contributed by atoms with E-state index in [1.807, 2.05) is 6.07 Å². The Morgan fingerprint density at radius 3 is 2.53 bits per heavy atom. The van der Waals surface area contributed by atoms with Crippen LogP contribution < -0.4 is 15.4 Å². The van der Waals surface area contributed by atoms with E-state index in [-0.39, 0.29) is 17.5 Å². The Balaban J connectivity index is 1.67. The molecule has 0 saturated heterocycles. The largest absolute Gasteiger partial charge is 0.573 e. The minimum absolute atomic E-state index is 0.150. The molecule has 0 radical (unpaired) electrons. The third-order valence-electron chi connectivity index (χ3n) is 4.75. The molecular formula is C21H20F3N5O. The number of benzene rings is 1. The van der Waals surface area contributed by atoms with Crippen molar-refractivity contribution in [2.75, 3.05) is 10.6 Å². The number of anilines is 3. The monoisotopic (exact) mass is 415 g/mol. The lowest BCUT2D eigenvalue weighted by Crippen LogP contribution is -2.18. The van der Waals surface area contributed by atoms with Crippen LogP contribution in [0.2, 0.25) is 0 Å². The zero-order valence-corrected chi connectivity index (χ0v) is 16.0. The number of nitrogens with zero attached hydrogens (tertiary/aromatic N) is 3. The fraction of sp³-hybridized carbons (Fsp3) is 0.286. The number of ether oxygens (including phenoxy) is 1. The van der Waals surface area contributed by atoms with Gasteiger partial charge in [0.1, 0.15) is 5.82 Å². The highest BCUT2D eigenvalue weighted by atomic mass is 19.4. The minimum atomic E-state index is -4.79. The van der Waals surface area contributed by atoms with E-state index in [0.717, 1.165) is 31.2 Å². The van der Waals surface area contributed by atoms with Crippen molar-refractivity contribution in [2.24, 2.45) is 0 Å². The Bertz CT molecular complexity index is 991. The molecule has 2 N–H and O–H groups in total. The van der Waals surface area contributed by atoms with Gasteiger partial charge in [-0.2, -0.15) is 4.98 Å². The van der Waals surface area contributed by atoms with Crippen molar-refractivity contribution in [3.8, 4) is 17.0 Å². The zero-order valence-electron chi connectivity index (χ0n) is 16.0. The Kier molecular flexibility index (Phi) is 5.69. The van der Waals surface area contributed by atoms with Gasteiger partial charge in [-0.15, -0.1) is 13.2 Å². The van der Waals surface area contributed by atoms with Gasteiger partial charge in [0.2, 0.25) is 5.95 Å². The first-order valence-electron chi connectivity index (χ1n) is 9.64. The van der Waals surface area contributed by atoms with Gasteiger partial charge in [-0.25, -0.2) is 4.98 Å². The summed E-state index contributed by atoms with van der Waals surface area (Å²) in [7, 11) is 0. The van der Waals surface area contributed by atoms with Gasteiger partial charge in [0.25, 0.3) is 0 Å². The predicted octanol–water partition coefficient (Wildman–Crippen LogP) is 5.54. The van der Waals surface area contributed by atoms with Crippen molar-refractivity contribution in [3.63, 3.8) is 0 Å². The van der Waals surface area contributed by atoms with Gasteiger partial charge in [0, 0.05) is 30.1 Å². The molecule has 2 heterocycles. The average molecular weight is 415 g/mol. The number of hydrogen-bond donors (Lipinski definition) is 2. The van der Waals surface area contributed by atoms with E-state index in [4.69, 9.17) is 0 Å². The molecule has 30 heavy (non-hydrogen) atoms. The Labute approximate surface area is 171 Å². The summed E-state index contributed by atoms with van der Waals surface area (Å²) in [5.41, 5.74) is 1.53. The standard InChI is InChI=1S/C21H20F3N5O/c22-21(23,24)30-18-10-4-3-9-16(18)27-19-12-17(14-6-5-11-25-13-14)28-20(29-19)26-15-7-1-2-8-15/h3-6,9-13,15H,1-2,7-8H2,(H2,26,27,28,29). The van der Waals surface area contributed by atoms with E-state index in [9.17, 15) is 13.2 Å². The fourth-order valence-electron chi connectivity index (χ4n) is 3.41. The lowest BCUT2D eigenvalue weighted by Gasteiger charge is -2.17. The number of halogens is 3. The predicted molar refractivity (Wildman–Crippen MR) is 108 cm³/mol. The van der Waals surface area contributed by atoms with Crippen molar-refractivity contribution in [2.45, 2.75) is 38.1 Å². The zero-order chi connectivity index (χ0) is 21.0. The molecule has 0 atom stereocenters. The van der Waals surface area contributed by atoms with Crippen molar-refractivity contribution in [1.82, 2.24) is 15.0 Å². The molecule has 9 heteroatoms. The molecule has 0 spiro atoms. The van der Waals surface area contributed by atoms with E-state index in [0.29, 0.717) is 17.5 Å². The topological polar surface area (TPSA) is 72.0 Å². The number of aromatic nitrogens is 3. The maximum absolute atomic E-state index is 12.7. The van der Waals surface area contributed by atoms with Crippen LogP contribution in [0.15, 0.2) is 54.9 Å². The molecule has 156 valence electrons. The van der Waals surface area contributed by atoms with Crippen LogP contribution in [0.4, 0.5) is 30.6 Å². The first kappa shape index (κ1) is 19.9. The lowest BCUT2D eigenvalue weighted by molar-refractivity contribution is -0.274. The molecular weight excluding hydrogens is 395 g/mol. The van der Waals surface area contributed by atoms with Crippen LogP contribution >= 0.6 is 0 Å². The molecule has 4 rings (SSSR count). The van der Waals surface area contributed by atoms with Gasteiger partial charge in [-0.05, 0) is 37.1 Å². The van der Waals surface area contributed by atoms with Gasteiger partial charge in [0.15, 0.2) is 5.75 Å². The third kappa shape index (κ3) is 5.16. The summed E-state index contributed by atoms with van der Waals surface area (Å²) in [6.07, 6.45) is 2.90. The number of alkyl halides is 3. The summed E-state index contributed by atoms with van der Waals surface area (Å²) in [5.74, 6) is 0.430. The maximum atomic E-state index is 12.7. The Morgan fingerprint density at radius 2 is 1.80 bits per heavy atom. The molecule has 0 unspecified atom stereocenters. The number of para-hydroxylation sites is 2. The third-order valence-corrected chi connectivity index (χ3v) is 4.75. The summed E-state index contributed by atoms with van der Waals surface area (Å²) in [6, 6.07) is 11.4. The number of rotatable bonds is 6. The van der Waals surface area contributed by atoms with Crippen molar-refractivity contribution >= 4 is 17.5 Å². The molecule has 1 saturated carbocycles. The Morgan fingerprint density at radius 1 is 1.00 bits per heavy atom. The second-order valence-electron chi connectivity index (χ2n) is 7.00. The van der Waals surface area contributed by atoms with Gasteiger partial charge >= 0.3 is 6.36 Å². The van der Waals surface area contributed by atoms with Gasteiger partial charge < -0.3 is 15.4 Å². The molecule has 0 aliphatic heterocycles. The maximum Gasteiger partial charge on any atom is 0.573 e. The van der Waals surface area contributed by atoms with Crippen molar-refractivity contribution < 1.29 is 17.9 Å². The quantitative estimate of drug-likeness (QED) is 0.551. The summed E-state index contributed by atoms with van der Waals surface area (Å²) in [5, 5.41) is 6.27. The van der Waals surface area contributed by atoms with Crippen LogP contribution in [-0.4, -0.2) is 27.4 Å². The fourth-order valence-corrected chi connectivity index (χ4v) is 3.41. The van der Waals surface area contributed by atoms with E-state index in [1.165, 1.54) is 18.2 Å². The van der Waals surface area contributed by atoms with Crippen LogP contribution in [0.3, 0.4) is 0 Å². The number of hydrogen-bond acceptors (Lipinski definition) is 6. The second kappa shape index (κ2) is 8.56. The summed E-state index contributed by atoms with van der Waals surface area (Å²) < 4.78 is 42.4. The molecule has 0 bridgehead atoms. The van der Waals surface area contributed by atoms with Gasteiger partial charge in [-0.3, -0.25) is 4.98 Å². The number of pyridine rings is 1. The highest BCUT2D eigenvalue weighted by Gasteiger charge is 2.32. The first-order chi connectivity index (χ1) is 14.5. The Hall–Kier alpha value is -3.36. The molecule has 1 aliphatic rings. The van der Waals surface area contributed by atoms with Crippen LogP contribution in [0, 0.1) is 0 Å². The van der Waals surface area contributed by atoms with Crippen LogP contribution in [0.5, 0.6) is 5.75 Å². The smallest absolute Gasteiger partial charge is 0.404 e. The average Bonchev–Trinajstić information content (AvgIpc) is 3.22. The van der Waals surface area contributed by atoms with E-state index in [1.54, 1.807) is 30.6 Å². The van der Waals surface area contributed by atoms with Crippen molar-refractivity contribution in [1.29, 1.82) is 0 Å². The van der Waals surface area contributed by atoms with E-state index in [2.05, 4.69) is 30.3 Å². The van der Waals surface area contributed by atoms with Crippen LogP contribution in [0.25, 0.3) is 11.3 Å². The van der Waals surface area contributed by atoms with Crippen LogP contribution in [0.1, 0.15) is 25.7 Å². The highest BCUT2D eigenvalue weighted by molar-refractivity contribution is 5.69. The summed E-state index contributed by atoms with van der Waals surface area (Å²) in [6.45, 7) is 0. The molecule has 1 fully saturated rings. The minimum Gasteiger partial charge on any atom is -0.404 e. The van der Waals surface area contributed by atoms with E-state index < -0.39 is 6.36 Å². The summed E-state index contributed by atoms with van der Waals surface area (Å²) in [4.78, 5) is 13.2. The number of nitrogens with one attached hydrogen (secondary N) is 2. The van der Waals surface area contributed by atoms with Gasteiger partial charge in [0.05, 0.1) is 11.4 Å². The highest BCUT2D eigenvalue weighted by Crippen LogP contribution is 2.33. The van der Waals surface area contributed by atoms with Gasteiger partial charge in [-0.1, -0.05) is 25.0 Å². The van der Waals surface area contributed by atoms with E-state index >= 15 is 0 Å². The molecule has 3 aromatic rings. The molecule has 1 aliphatic carbocycles. The van der Waals surface area contributed by atoms with Crippen LogP contribution in [-0.2, 0) is 0 Å². The lowest BCUT2D eigenvalue weighted by atomic mass is 10.2. The molecule has 1 aromatic carbocycles. The first-order valence-corrected chi connectivity index (χ1v) is 9.64. The molecule has 6 nitrogen and oxygen atoms in total. The molecule has 2 aromatic heterocycles. The molecule has 0 amide bonds. The second-order valence-corrected chi connectivity index (χ2v) is 7.00.